The number of benzene rings is 1. The zero-order chi connectivity index (χ0) is 15.5. The molecule has 0 amide bonds. The number of hydrogen-bond donors (Lipinski definition) is 2. The van der Waals surface area contributed by atoms with Gasteiger partial charge in [-0.3, -0.25) is 4.98 Å². The summed E-state index contributed by atoms with van der Waals surface area (Å²) in [5.41, 5.74) is 1.36. The zero-order valence-corrected chi connectivity index (χ0v) is 13.7. The first-order valence-corrected chi connectivity index (χ1v) is 8.53. The molecule has 112 valence electrons. The fourth-order valence-corrected chi connectivity index (χ4v) is 4.11. The highest BCUT2D eigenvalue weighted by molar-refractivity contribution is 9.10. The Kier molecular flexibility index (Phi) is 5.10. The van der Waals surface area contributed by atoms with Gasteiger partial charge in [0.1, 0.15) is 0 Å². The minimum atomic E-state index is -3.70. The summed E-state index contributed by atoms with van der Waals surface area (Å²) in [5.74, 6) is 0. The third-order valence-corrected chi connectivity index (χ3v) is 5.54. The van der Waals surface area contributed by atoms with Crippen molar-refractivity contribution in [2.75, 3.05) is 0 Å². The normalized spacial score (nSPS) is 13.1. The molecule has 0 spiro atoms. The van der Waals surface area contributed by atoms with Gasteiger partial charge >= 0.3 is 0 Å². The second-order valence-corrected chi connectivity index (χ2v) is 7.08. The molecule has 1 unspecified atom stereocenters. The lowest BCUT2D eigenvalue weighted by Gasteiger charge is -2.15. The molecule has 0 radical (unpaired) electrons. The standard InChI is InChI=1S/C14H15BrN2O3S/c1-10(12-4-6-16-7-5-12)17-21(19,20)14-8-11(9-18)2-3-13(14)15/h2-8,10,17-18H,9H2,1H3. The molecule has 0 aliphatic carbocycles. The molecule has 5 nitrogen and oxygen atoms in total. The maximum Gasteiger partial charge on any atom is 0.242 e. The van der Waals surface area contributed by atoms with Gasteiger partial charge in [-0.15, -0.1) is 0 Å². The van der Waals surface area contributed by atoms with E-state index in [9.17, 15) is 8.42 Å². The molecule has 1 atom stereocenters. The number of hydrogen-bond acceptors (Lipinski definition) is 4. The molecule has 1 aromatic heterocycles. The van der Waals surface area contributed by atoms with Gasteiger partial charge in [0, 0.05) is 22.9 Å². The Morgan fingerprint density at radius 3 is 2.57 bits per heavy atom. The van der Waals surface area contributed by atoms with E-state index in [1.54, 1.807) is 43.6 Å². The van der Waals surface area contributed by atoms with Gasteiger partial charge in [-0.2, -0.15) is 0 Å². The summed E-state index contributed by atoms with van der Waals surface area (Å²) >= 11 is 3.23. The average Bonchev–Trinajstić information content (AvgIpc) is 2.48. The fraction of sp³-hybridized carbons (Fsp3) is 0.214. The van der Waals surface area contributed by atoms with Crippen molar-refractivity contribution in [1.82, 2.24) is 9.71 Å². The first kappa shape index (κ1) is 16.1. The van der Waals surface area contributed by atoms with E-state index in [1.807, 2.05) is 0 Å². The predicted octanol–water partition coefficient (Wildman–Crippen LogP) is 2.38. The first-order valence-electron chi connectivity index (χ1n) is 6.25. The molecule has 0 aliphatic rings. The number of sulfonamides is 1. The number of rotatable bonds is 5. The van der Waals surface area contributed by atoms with Crippen molar-refractivity contribution in [3.8, 4) is 0 Å². The minimum absolute atomic E-state index is 0.106. The smallest absolute Gasteiger partial charge is 0.242 e. The van der Waals surface area contributed by atoms with E-state index in [4.69, 9.17) is 5.11 Å². The van der Waals surface area contributed by atoms with Crippen LogP contribution in [0.1, 0.15) is 24.1 Å². The summed E-state index contributed by atoms with van der Waals surface area (Å²) in [7, 11) is -3.70. The third kappa shape index (κ3) is 3.88. The molecule has 0 saturated heterocycles. The SMILES string of the molecule is CC(NS(=O)(=O)c1cc(CO)ccc1Br)c1ccncc1. The van der Waals surface area contributed by atoms with E-state index in [0.717, 1.165) is 5.56 Å². The lowest BCUT2D eigenvalue weighted by atomic mass is 10.1. The van der Waals surface area contributed by atoms with Crippen LogP contribution in [0, 0.1) is 0 Å². The molecule has 2 aromatic rings. The topological polar surface area (TPSA) is 79.3 Å². The fourth-order valence-electron chi connectivity index (χ4n) is 1.87. The van der Waals surface area contributed by atoms with Crippen LogP contribution in [-0.4, -0.2) is 18.5 Å². The van der Waals surface area contributed by atoms with Crippen LogP contribution < -0.4 is 4.72 Å². The van der Waals surface area contributed by atoms with E-state index in [1.165, 1.54) is 6.07 Å². The molecule has 0 saturated carbocycles. The van der Waals surface area contributed by atoms with E-state index in [-0.39, 0.29) is 17.5 Å². The van der Waals surface area contributed by atoms with Crippen molar-refractivity contribution in [3.05, 3.63) is 58.3 Å². The van der Waals surface area contributed by atoms with E-state index in [0.29, 0.717) is 10.0 Å². The van der Waals surface area contributed by atoms with Crippen LogP contribution in [0.2, 0.25) is 0 Å². The molecule has 1 heterocycles. The van der Waals surface area contributed by atoms with E-state index in [2.05, 4.69) is 25.6 Å². The predicted molar refractivity (Wildman–Crippen MR) is 83.0 cm³/mol. The highest BCUT2D eigenvalue weighted by Gasteiger charge is 2.21. The largest absolute Gasteiger partial charge is 0.392 e. The molecule has 0 aliphatic heterocycles. The van der Waals surface area contributed by atoms with Gasteiger partial charge in [-0.05, 0) is 58.2 Å². The third-order valence-electron chi connectivity index (χ3n) is 3.01. The van der Waals surface area contributed by atoms with Crippen LogP contribution >= 0.6 is 15.9 Å². The molecule has 0 bridgehead atoms. The van der Waals surface area contributed by atoms with Gasteiger partial charge in [0.25, 0.3) is 0 Å². The highest BCUT2D eigenvalue weighted by atomic mass is 79.9. The van der Waals surface area contributed by atoms with Crippen molar-refractivity contribution in [2.24, 2.45) is 0 Å². The maximum absolute atomic E-state index is 12.5. The van der Waals surface area contributed by atoms with Crippen LogP contribution in [0.3, 0.4) is 0 Å². The molecular weight excluding hydrogens is 356 g/mol. The van der Waals surface area contributed by atoms with Crippen molar-refractivity contribution < 1.29 is 13.5 Å². The summed E-state index contributed by atoms with van der Waals surface area (Å²) in [6, 6.07) is 7.85. The van der Waals surface area contributed by atoms with Gasteiger partial charge in [0.2, 0.25) is 10.0 Å². The molecule has 2 rings (SSSR count). The Labute approximate surface area is 132 Å². The van der Waals surface area contributed by atoms with Crippen molar-refractivity contribution in [2.45, 2.75) is 24.5 Å². The Balaban J connectivity index is 2.30. The van der Waals surface area contributed by atoms with Crippen LogP contribution in [0.4, 0.5) is 0 Å². The summed E-state index contributed by atoms with van der Waals surface area (Å²) in [4.78, 5) is 4.01. The van der Waals surface area contributed by atoms with Crippen LogP contribution in [0.25, 0.3) is 0 Å². The molecule has 0 fully saturated rings. The Morgan fingerprint density at radius 2 is 1.95 bits per heavy atom. The van der Waals surface area contributed by atoms with Gasteiger partial charge < -0.3 is 5.11 Å². The van der Waals surface area contributed by atoms with Crippen LogP contribution in [0.15, 0.2) is 52.1 Å². The Bertz CT molecular complexity index is 720. The summed E-state index contributed by atoms with van der Waals surface area (Å²) in [6.07, 6.45) is 3.23. The first-order chi connectivity index (χ1) is 9.94. The average molecular weight is 371 g/mol. The van der Waals surface area contributed by atoms with E-state index < -0.39 is 10.0 Å². The lowest BCUT2D eigenvalue weighted by Crippen LogP contribution is -2.27. The van der Waals surface area contributed by atoms with Gasteiger partial charge in [0.15, 0.2) is 0 Å². The Morgan fingerprint density at radius 1 is 1.29 bits per heavy atom. The molecule has 7 heteroatoms. The maximum atomic E-state index is 12.5. The number of nitrogens with one attached hydrogen (secondary N) is 1. The molecular formula is C14H15BrN2O3S. The summed E-state index contributed by atoms with van der Waals surface area (Å²) < 4.78 is 28.0. The second-order valence-electron chi connectivity index (χ2n) is 4.55. The number of pyridine rings is 1. The monoisotopic (exact) mass is 370 g/mol. The molecule has 21 heavy (non-hydrogen) atoms. The van der Waals surface area contributed by atoms with Crippen molar-refractivity contribution in [3.63, 3.8) is 0 Å². The molecule has 2 N–H and O–H groups in total. The number of aromatic nitrogens is 1. The lowest BCUT2D eigenvalue weighted by molar-refractivity contribution is 0.281. The van der Waals surface area contributed by atoms with Crippen LogP contribution in [0.5, 0.6) is 0 Å². The van der Waals surface area contributed by atoms with Gasteiger partial charge in [-0.1, -0.05) is 6.07 Å². The number of aliphatic hydroxyl groups excluding tert-OH is 1. The summed E-state index contributed by atoms with van der Waals surface area (Å²) in [6.45, 7) is 1.55. The summed E-state index contributed by atoms with van der Waals surface area (Å²) in [5, 5.41) is 9.14. The number of nitrogens with zero attached hydrogens (tertiary/aromatic N) is 1. The zero-order valence-electron chi connectivity index (χ0n) is 11.3. The minimum Gasteiger partial charge on any atom is -0.392 e. The number of aliphatic hydroxyl groups is 1. The number of halogens is 1. The second kappa shape index (κ2) is 6.65. The Hall–Kier alpha value is -1.28. The highest BCUT2D eigenvalue weighted by Crippen LogP contribution is 2.25. The van der Waals surface area contributed by atoms with Gasteiger partial charge in [-0.25, -0.2) is 13.1 Å². The van der Waals surface area contributed by atoms with Gasteiger partial charge in [0.05, 0.1) is 11.5 Å². The quantitative estimate of drug-likeness (QED) is 0.846. The van der Waals surface area contributed by atoms with Crippen molar-refractivity contribution in [1.29, 1.82) is 0 Å². The van der Waals surface area contributed by atoms with Crippen molar-refractivity contribution >= 4 is 26.0 Å². The molecule has 1 aromatic carbocycles. The van der Waals surface area contributed by atoms with E-state index >= 15 is 0 Å². The van der Waals surface area contributed by atoms with Crippen LogP contribution in [-0.2, 0) is 16.6 Å².